The van der Waals surface area contributed by atoms with Crippen LogP contribution in [0.4, 0.5) is 13.2 Å². The SMILES string of the molecule is CC(C)CN(CCCN)C(=O)c1ccc(F)c(F)c1F. The maximum Gasteiger partial charge on any atom is 0.256 e. The molecular formula is C14H19F3N2O. The number of nitrogens with zero attached hydrogens (tertiary/aromatic N) is 1. The van der Waals surface area contributed by atoms with Crippen LogP contribution in [-0.4, -0.2) is 30.4 Å². The van der Waals surface area contributed by atoms with Crippen LogP contribution in [0.25, 0.3) is 0 Å². The van der Waals surface area contributed by atoms with Gasteiger partial charge in [0.05, 0.1) is 5.56 Å². The summed E-state index contributed by atoms with van der Waals surface area (Å²) >= 11 is 0. The van der Waals surface area contributed by atoms with Gasteiger partial charge < -0.3 is 10.6 Å². The number of hydrogen-bond donors (Lipinski definition) is 1. The maximum atomic E-state index is 13.6. The molecule has 1 amide bonds. The van der Waals surface area contributed by atoms with Crippen LogP contribution in [0.15, 0.2) is 12.1 Å². The molecule has 0 aliphatic rings. The molecule has 0 bridgehead atoms. The second-order valence-corrected chi connectivity index (χ2v) is 5.01. The molecule has 1 aromatic carbocycles. The molecule has 2 N–H and O–H groups in total. The summed E-state index contributed by atoms with van der Waals surface area (Å²) in [6.45, 7) is 4.96. The first-order valence-electron chi connectivity index (χ1n) is 6.51. The van der Waals surface area contributed by atoms with E-state index < -0.39 is 28.9 Å². The standard InChI is InChI=1S/C14H19F3N2O/c1-9(2)8-19(7-3-6-18)14(20)10-4-5-11(15)13(17)12(10)16/h4-5,9H,3,6-8,18H2,1-2H3. The number of halogens is 3. The molecule has 3 nitrogen and oxygen atoms in total. The number of nitrogens with two attached hydrogens (primary N) is 1. The predicted octanol–water partition coefficient (Wildman–Crippen LogP) is 2.55. The van der Waals surface area contributed by atoms with E-state index in [9.17, 15) is 18.0 Å². The summed E-state index contributed by atoms with van der Waals surface area (Å²) in [5.41, 5.74) is 4.94. The van der Waals surface area contributed by atoms with Gasteiger partial charge in [0.15, 0.2) is 17.5 Å². The van der Waals surface area contributed by atoms with Crippen molar-refractivity contribution in [3.8, 4) is 0 Å². The van der Waals surface area contributed by atoms with E-state index in [2.05, 4.69) is 0 Å². The van der Waals surface area contributed by atoms with Crippen molar-refractivity contribution in [3.63, 3.8) is 0 Å². The highest BCUT2D eigenvalue weighted by Gasteiger charge is 2.23. The van der Waals surface area contributed by atoms with Crippen LogP contribution in [-0.2, 0) is 0 Å². The molecule has 0 spiro atoms. The van der Waals surface area contributed by atoms with Gasteiger partial charge in [-0.2, -0.15) is 0 Å². The fraction of sp³-hybridized carbons (Fsp3) is 0.500. The van der Waals surface area contributed by atoms with Gasteiger partial charge in [0, 0.05) is 13.1 Å². The van der Waals surface area contributed by atoms with Gasteiger partial charge in [0.1, 0.15) is 0 Å². The van der Waals surface area contributed by atoms with Gasteiger partial charge in [-0.15, -0.1) is 0 Å². The number of carbonyl (C=O) groups is 1. The van der Waals surface area contributed by atoms with Crippen LogP contribution in [0.5, 0.6) is 0 Å². The van der Waals surface area contributed by atoms with Crippen molar-refractivity contribution in [2.75, 3.05) is 19.6 Å². The van der Waals surface area contributed by atoms with Crippen molar-refractivity contribution < 1.29 is 18.0 Å². The van der Waals surface area contributed by atoms with Gasteiger partial charge in [-0.1, -0.05) is 13.8 Å². The highest BCUT2D eigenvalue weighted by atomic mass is 19.2. The Balaban J connectivity index is 3.02. The topological polar surface area (TPSA) is 46.3 Å². The lowest BCUT2D eigenvalue weighted by molar-refractivity contribution is 0.0729. The summed E-state index contributed by atoms with van der Waals surface area (Å²) in [7, 11) is 0. The fourth-order valence-corrected chi connectivity index (χ4v) is 1.86. The molecule has 0 saturated carbocycles. The van der Waals surface area contributed by atoms with Crippen molar-refractivity contribution in [2.45, 2.75) is 20.3 Å². The summed E-state index contributed by atoms with van der Waals surface area (Å²) in [5.74, 6) is -4.86. The van der Waals surface area contributed by atoms with Gasteiger partial charge in [-0.05, 0) is 31.0 Å². The number of carbonyl (C=O) groups excluding carboxylic acids is 1. The molecule has 0 atom stereocenters. The smallest absolute Gasteiger partial charge is 0.256 e. The summed E-state index contributed by atoms with van der Waals surface area (Å²) in [4.78, 5) is 13.6. The summed E-state index contributed by atoms with van der Waals surface area (Å²) < 4.78 is 39.7. The first-order chi connectivity index (χ1) is 9.38. The normalized spacial score (nSPS) is 10.9. The first-order valence-corrected chi connectivity index (χ1v) is 6.51. The molecular weight excluding hydrogens is 269 g/mol. The number of hydrogen-bond acceptors (Lipinski definition) is 2. The quantitative estimate of drug-likeness (QED) is 0.818. The Labute approximate surface area is 116 Å². The van der Waals surface area contributed by atoms with E-state index in [1.165, 1.54) is 4.90 Å². The lowest BCUT2D eigenvalue weighted by atomic mass is 10.1. The van der Waals surface area contributed by atoms with Crippen LogP contribution in [0, 0.1) is 23.4 Å². The zero-order chi connectivity index (χ0) is 15.3. The van der Waals surface area contributed by atoms with E-state index in [-0.39, 0.29) is 5.92 Å². The fourth-order valence-electron chi connectivity index (χ4n) is 1.86. The minimum Gasteiger partial charge on any atom is -0.338 e. The molecule has 1 rings (SSSR count). The zero-order valence-corrected chi connectivity index (χ0v) is 11.6. The van der Waals surface area contributed by atoms with E-state index in [0.29, 0.717) is 26.1 Å². The Kier molecular flexibility index (Phi) is 6.01. The third-order valence-corrected chi connectivity index (χ3v) is 2.77. The Bertz CT molecular complexity index is 478. The molecule has 0 aliphatic carbocycles. The lowest BCUT2D eigenvalue weighted by Crippen LogP contribution is -2.36. The lowest BCUT2D eigenvalue weighted by Gasteiger charge is -2.24. The molecule has 6 heteroatoms. The average molecular weight is 288 g/mol. The van der Waals surface area contributed by atoms with Gasteiger partial charge in [0.2, 0.25) is 0 Å². The minimum atomic E-state index is -1.63. The van der Waals surface area contributed by atoms with Crippen molar-refractivity contribution in [3.05, 3.63) is 35.1 Å². The van der Waals surface area contributed by atoms with Crippen molar-refractivity contribution in [1.82, 2.24) is 4.90 Å². The molecule has 112 valence electrons. The summed E-state index contributed by atoms with van der Waals surface area (Å²) in [6, 6.07) is 1.72. The minimum absolute atomic E-state index is 0.171. The highest BCUT2D eigenvalue weighted by Crippen LogP contribution is 2.17. The monoisotopic (exact) mass is 288 g/mol. The molecule has 0 radical (unpaired) electrons. The van der Waals surface area contributed by atoms with Gasteiger partial charge >= 0.3 is 0 Å². The number of rotatable bonds is 6. The molecule has 0 unspecified atom stereocenters. The Morgan fingerprint density at radius 2 is 1.90 bits per heavy atom. The molecule has 1 aromatic rings. The van der Waals surface area contributed by atoms with E-state index in [4.69, 9.17) is 5.73 Å². The van der Waals surface area contributed by atoms with Crippen molar-refractivity contribution in [2.24, 2.45) is 11.7 Å². The third kappa shape index (κ3) is 3.96. The largest absolute Gasteiger partial charge is 0.338 e. The Hall–Kier alpha value is -1.56. The predicted molar refractivity (Wildman–Crippen MR) is 70.7 cm³/mol. The van der Waals surface area contributed by atoms with Crippen molar-refractivity contribution >= 4 is 5.91 Å². The molecule has 0 saturated heterocycles. The van der Waals surface area contributed by atoms with Gasteiger partial charge in [0.25, 0.3) is 5.91 Å². The summed E-state index contributed by atoms with van der Waals surface area (Å²) in [6.07, 6.45) is 0.559. The van der Waals surface area contributed by atoms with Crippen LogP contribution >= 0.6 is 0 Å². The second-order valence-electron chi connectivity index (χ2n) is 5.01. The average Bonchev–Trinajstić information content (AvgIpc) is 2.40. The Morgan fingerprint density at radius 3 is 2.45 bits per heavy atom. The van der Waals surface area contributed by atoms with Crippen molar-refractivity contribution in [1.29, 1.82) is 0 Å². The van der Waals surface area contributed by atoms with E-state index >= 15 is 0 Å². The zero-order valence-electron chi connectivity index (χ0n) is 11.6. The molecule has 20 heavy (non-hydrogen) atoms. The maximum absolute atomic E-state index is 13.6. The Morgan fingerprint density at radius 1 is 1.25 bits per heavy atom. The third-order valence-electron chi connectivity index (χ3n) is 2.77. The first kappa shape index (κ1) is 16.5. The van der Waals surface area contributed by atoms with Crippen LogP contribution < -0.4 is 5.73 Å². The van der Waals surface area contributed by atoms with E-state index in [0.717, 1.165) is 12.1 Å². The molecule has 0 aliphatic heterocycles. The molecule has 0 aromatic heterocycles. The van der Waals surface area contributed by atoms with Gasteiger partial charge in [-0.25, -0.2) is 13.2 Å². The number of benzene rings is 1. The second kappa shape index (κ2) is 7.28. The van der Waals surface area contributed by atoms with Crippen LogP contribution in [0.2, 0.25) is 0 Å². The van der Waals surface area contributed by atoms with E-state index in [1.807, 2.05) is 13.8 Å². The molecule has 0 fully saturated rings. The van der Waals surface area contributed by atoms with E-state index in [1.54, 1.807) is 0 Å². The van der Waals surface area contributed by atoms with Gasteiger partial charge in [-0.3, -0.25) is 4.79 Å². The highest BCUT2D eigenvalue weighted by molar-refractivity contribution is 5.94. The van der Waals surface area contributed by atoms with Crippen LogP contribution in [0.1, 0.15) is 30.6 Å². The summed E-state index contributed by atoms with van der Waals surface area (Å²) in [5, 5.41) is 0. The molecule has 0 heterocycles. The van der Waals surface area contributed by atoms with Crippen LogP contribution in [0.3, 0.4) is 0 Å². The number of amides is 1.